The molecule has 118 valence electrons. The van der Waals surface area contributed by atoms with E-state index in [0.29, 0.717) is 12.1 Å². The van der Waals surface area contributed by atoms with E-state index in [0.717, 1.165) is 13.1 Å². The molecule has 0 amide bonds. The van der Waals surface area contributed by atoms with Crippen LogP contribution >= 0.6 is 0 Å². The summed E-state index contributed by atoms with van der Waals surface area (Å²) in [7, 11) is -3.59. The Morgan fingerprint density at radius 2 is 2.05 bits per heavy atom. The smallest absolute Gasteiger partial charge is 0.258 e. The molecular weight excluding hydrogens is 290 g/mol. The predicted molar refractivity (Wildman–Crippen MR) is 80.2 cm³/mol. The molecule has 1 aliphatic heterocycles. The Bertz CT molecular complexity index is 539. The van der Waals surface area contributed by atoms with Gasteiger partial charge < -0.3 is 5.11 Å². The van der Waals surface area contributed by atoms with Crippen LogP contribution in [0.25, 0.3) is 0 Å². The lowest BCUT2D eigenvalue weighted by atomic mass is 10.1. The molecule has 1 aliphatic rings. The minimum Gasteiger partial charge on any atom is -0.392 e. The number of rotatable bonds is 6. The molecule has 2 N–H and O–H groups in total. The Balaban J connectivity index is 1.93. The summed E-state index contributed by atoms with van der Waals surface area (Å²) < 4.78 is 26.9. The lowest BCUT2D eigenvalue weighted by Crippen LogP contribution is -2.44. The highest BCUT2D eigenvalue weighted by Gasteiger charge is 2.20. The molecule has 0 bridgehead atoms. The van der Waals surface area contributed by atoms with Crippen molar-refractivity contribution >= 4 is 10.0 Å². The zero-order valence-electron chi connectivity index (χ0n) is 12.3. The second-order valence-electron chi connectivity index (χ2n) is 5.46. The third-order valence-electron chi connectivity index (χ3n) is 3.84. The van der Waals surface area contributed by atoms with Crippen molar-refractivity contribution < 1.29 is 13.5 Å². The molecule has 2 heterocycles. The molecule has 1 aromatic heterocycles. The van der Waals surface area contributed by atoms with Crippen LogP contribution < -0.4 is 4.72 Å². The predicted octanol–water partition coefficient (Wildman–Crippen LogP) is 0.727. The quantitative estimate of drug-likeness (QED) is 0.809. The largest absolute Gasteiger partial charge is 0.392 e. The minimum absolute atomic E-state index is 0.00876. The summed E-state index contributed by atoms with van der Waals surface area (Å²) in [5, 5.41) is 8.93. The zero-order chi connectivity index (χ0) is 15.3. The van der Waals surface area contributed by atoms with Crippen LogP contribution in [0.4, 0.5) is 0 Å². The number of nitrogens with one attached hydrogen (secondary N) is 1. The number of likely N-dealkylation sites (tertiary alicyclic amines) is 1. The number of aliphatic hydroxyl groups excluding tert-OH is 1. The summed E-state index contributed by atoms with van der Waals surface area (Å²) >= 11 is 0. The van der Waals surface area contributed by atoms with E-state index in [-0.39, 0.29) is 17.7 Å². The standard InChI is InChI=1S/C14H23N3O3S/c1-12(17-7-3-2-4-8-17)9-16-21(19,20)14-6-5-13(11-18)10-15-14/h5-6,10,12,16,18H,2-4,7-9,11H2,1H3. The van der Waals surface area contributed by atoms with E-state index in [1.807, 2.05) is 6.92 Å². The fraction of sp³-hybridized carbons (Fsp3) is 0.643. The van der Waals surface area contributed by atoms with Crippen LogP contribution in [-0.2, 0) is 16.6 Å². The summed E-state index contributed by atoms with van der Waals surface area (Å²) in [6, 6.07) is 3.16. The summed E-state index contributed by atoms with van der Waals surface area (Å²) in [5.74, 6) is 0. The van der Waals surface area contributed by atoms with Crippen molar-refractivity contribution in [3.05, 3.63) is 23.9 Å². The summed E-state index contributed by atoms with van der Waals surface area (Å²) in [4.78, 5) is 6.20. The van der Waals surface area contributed by atoms with E-state index in [4.69, 9.17) is 5.11 Å². The molecule has 21 heavy (non-hydrogen) atoms. The lowest BCUT2D eigenvalue weighted by Gasteiger charge is -2.32. The van der Waals surface area contributed by atoms with Gasteiger partial charge in [-0.25, -0.2) is 18.1 Å². The molecule has 7 heteroatoms. The van der Waals surface area contributed by atoms with E-state index in [1.54, 1.807) is 6.07 Å². The van der Waals surface area contributed by atoms with E-state index in [1.165, 1.54) is 31.5 Å². The Labute approximate surface area is 126 Å². The topological polar surface area (TPSA) is 82.5 Å². The van der Waals surface area contributed by atoms with Crippen molar-refractivity contribution in [1.29, 1.82) is 0 Å². The van der Waals surface area contributed by atoms with Gasteiger partial charge in [-0.3, -0.25) is 4.90 Å². The third-order valence-corrected chi connectivity index (χ3v) is 5.18. The van der Waals surface area contributed by atoms with Gasteiger partial charge >= 0.3 is 0 Å². The molecule has 1 unspecified atom stereocenters. The second-order valence-corrected chi connectivity index (χ2v) is 7.17. The summed E-state index contributed by atoms with van der Waals surface area (Å²) in [6.45, 7) is 4.34. The molecule has 6 nitrogen and oxygen atoms in total. The van der Waals surface area contributed by atoms with Crippen molar-refractivity contribution in [1.82, 2.24) is 14.6 Å². The highest BCUT2D eigenvalue weighted by atomic mass is 32.2. The third kappa shape index (κ3) is 4.47. The molecule has 2 rings (SSSR count). The Kier molecular flexibility index (Phi) is 5.69. The van der Waals surface area contributed by atoms with Gasteiger partial charge in [0.15, 0.2) is 5.03 Å². The number of hydrogen-bond acceptors (Lipinski definition) is 5. The molecule has 1 atom stereocenters. The van der Waals surface area contributed by atoms with Gasteiger partial charge in [0.05, 0.1) is 6.61 Å². The van der Waals surface area contributed by atoms with Crippen LogP contribution in [-0.4, -0.2) is 49.1 Å². The Morgan fingerprint density at radius 3 is 2.62 bits per heavy atom. The number of nitrogens with zero attached hydrogens (tertiary/aromatic N) is 2. The fourth-order valence-corrected chi connectivity index (χ4v) is 3.50. The molecule has 0 saturated carbocycles. The minimum atomic E-state index is -3.59. The highest BCUT2D eigenvalue weighted by Crippen LogP contribution is 2.12. The van der Waals surface area contributed by atoms with Crippen LogP contribution in [0.15, 0.2) is 23.4 Å². The van der Waals surface area contributed by atoms with Crippen molar-refractivity contribution in [2.24, 2.45) is 0 Å². The van der Waals surface area contributed by atoms with Crippen molar-refractivity contribution in [3.8, 4) is 0 Å². The van der Waals surface area contributed by atoms with Gasteiger partial charge in [0.2, 0.25) is 0 Å². The number of pyridine rings is 1. The van der Waals surface area contributed by atoms with E-state index in [2.05, 4.69) is 14.6 Å². The van der Waals surface area contributed by atoms with Crippen LogP contribution in [0.2, 0.25) is 0 Å². The van der Waals surface area contributed by atoms with Gasteiger partial charge in [-0.2, -0.15) is 0 Å². The van der Waals surface area contributed by atoms with Crippen LogP contribution in [0.3, 0.4) is 0 Å². The lowest BCUT2D eigenvalue weighted by molar-refractivity contribution is 0.175. The maximum absolute atomic E-state index is 12.2. The summed E-state index contributed by atoms with van der Waals surface area (Å²) in [6.07, 6.45) is 5.00. The fourth-order valence-electron chi connectivity index (χ4n) is 2.46. The number of aromatic nitrogens is 1. The normalized spacial score (nSPS) is 18.6. The average Bonchev–Trinajstić information content (AvgIpc) is 2.53. The summed E-state index contributed by atoms with van der Waals surface area (Å²) in [5.41, 5.74) is 0.593. The van der Waals surface area contributed by atoms with E-state index >= 15 is 0 Å². The maximum atomic E-state index is 12.2. The molecule has 1 aromatic rings. The van der Waals surface area contributed by atoms with Crippen molar-refractivity contribution in [3.63, 3.8) is 0 Å². The first kappa shape index (κ1) is 16.4. The first-order valence-electron chi connectivity index (χ1n) is 7.32. The molecule has 1 fully saturated rings. The van der Waals surface area contributed by atoms with Crippen LogP contribution in [0.1, 0.15) is 31.7 Å². The molecule has 0 radical (unpaired) electrons. The molecule has 0 spiro atoms. The first-order valence-corrected chi connectivity index (χ1v) is 8.81. The van der Waals surface area contributed by atoms with E-state index < -0.39 is 10.0 Å². The number of hydrogen-bond donors (Lipinski definition) is 2. The van der Waals surface area contributed by atoms with E-state index in [9.17, 15) is 8.42 Å². The van der Waals surface area contributed by atoms with Gasteiger partial charge in [-0.15, -0.1) is 0 Å². The first-order chi connectivity index (χ1) is 10.0. The second kappa shape index (κ2) is 7.31. The number of sulfonamides is 1. The van der Waals surface area contributed by atoms with Crippen LogP contribution in [0.5, 0.6) is 0 Å². The maximum Gasteiger partial charge on any atom is 0.258 e. The van der Waals surface area contributed by atoms with Gasteiger partial charge in [-0.1, -0.05) is 12.5 Å². The monoisotopic (exact) mass is 313 g/mol. The Hall–Kier alpha value is -1.02. The van der Waals surface area contributed by atoms with Crippen molar-refractivity contribution in [2.75, 3.05) is 19.6 Å². The zero-order valence-corrected chi connectivity index (χ0v) is 13.1. The van der Waals surface area contributed by atoms with Crippen molar-refractivity contribution in [2.45, 2.75) is 43.9 Å². The van der Waals surface area contributed by atoms with Gasteiger partial charge in [0, 0.05) is 18.8 Å². The SMILES string of the molecule is CC(CNS(=O)(=O)c1ccc(CO)cn1)N1CCCCC1. The van der Waals surface area contributed by atoms with Gasteiger partial charge in [0.25, 0.3) is 10.0 Å². The van der Waals surface area contributed by atoms with Gasteiger partial charge in [-0.05, 0) is 44.5 Å². The molecule has 1 saturated heterocycles. The van der Waals surface area contributed by atoms with Crippen LogP contribution in [0, 0.1) is 0 Å². The molecule has 0 aliphatic carbocycles. The average molecular weight is 313 g/mol. The van der Waals surface area contributed by atoms with Gasteiger partial charge in [0.1, 0.15) is 0 Å². The number of aliphatic hydroxyl groups is 1. The molecular formula is C14H23N3O3S. The molecule has 0 aromatic carbocycles. The highest BCUT2D eigenvalue weighted by molar-refractivity contribution is 7.89. The Morgan fingerprint density at radius 1 is 1.33 bits per heavy atom. The number of piperidine rings is 1.